The Kier molecular flexibility index (Phi) is 7.37. The van der Waals surface area contributed by atoms with E-state index in [4.69, 9.17) is 4.74 Å². The molecule has 1 aromatic heterocycles. The first-order chi connectivity index (χ1) is 18.1. The van der Waals surface area contributed by atoms with Gasteiger partial charge in [0.2, 0.25) is 0 Å². The number of hydrogen-bond donors (Lipinski definition) is 1. The topological polar surface area (TPSA) is 85.9 Å². The van der Waals surface area contributed by atoms with E-state index < -0.39 is 5.91 Å². The monoisotopic (exact) mass is 567 g/mol. The number of carbonyl (C=O) groups is 1. The predicted octanol–water partition coefficient (Wildman–Crippen LogP) is 7.54. The van der Waals surface area contributed by atoms with Crippen LogP contribution >= 0.6 is 27.3 Å². The lowest BCUT2D eigenvalue weighted by Crippen LogP contribution is -2.13. The Hall–Kier alpha value is -3.91. The lowest BCUT2D eigenvalue weighted by molar-refractivity contribution is -0.112. The van der Waals surface area contributed by atoms with Crippen molar-refractivity contribution in [3.63, 3.8) is 0 Å². The maximum atomic E-state index is 13.1. The molecule has 7 heteroatoms. The number of aryl methyl sites for hydroxylation is 1. The molecule has 4 aromatic rings. The van der Waals surface area contributed by atoms with E-state index in [-0.39, 0.29) is 5.57 Å². The van der Waals surface area contributed by atoms with Crippen molar-refractivity contribution < 1.29 is 9.53 Å². The van der Waals surface area contributed by atoms with Gasteiger partial charge in [0.15, 0.2) is 0 Å². The molecule has 5 rings (SSSR count). The zero-order valence-corrected chi connectivity index (χ0v) is 22.3. The van der Waals surface area contributed by atoms with Gasteiger partial charge in [-0.2, -0.15) is 10.5 Å². The fourth-order valence-corrected chi connectivity index (χ4v) is 6.11. The van der Waals surface area contributed by atoms with Gasteiger partial charge in [0.05, 0.1) is 5.56 Å². The summed E-state index contributed by atoms with van der Waals surface area (Å²) in [5, 5.41) is 25.1. The number of nitrogens with zero attached hydrogens (tertiary/aromatic N) is 2. The number of amides is 1. The number of fused-ring (bicyclic) bond motifs is 2. The molecule has 1 amide bonds. The van der Waals surface area contributed by atoms with Gasteiger partial charge in [-0.05, 0) is 77.9 Å². The number of carbonyl (C=O) groups excluding carboxylic acids is 1. The van der Waals surface area contributed by atoms with E-state index in [1.54, 1.807) is 0 Å². The van der Waals surface area contributed by atoms with Crippen LogP contribution in [0.4, 0.5) is 5.00 Å². The third-order valence-corrected chi connectivity index (χ3v) is 8.06. The summed E-state index contributed by atoms with van der Waals surface area (Å²) in [6, 6.07) is 24.0. The molecular weight excluding hydrogens is 546 g/mol. The summed E-state index contributed by atoms with van der Waals surface area (Å²) in [6.07, 6.45) is 5.41. The van der Waals surface area contributed by atoms with Gasteiger partial charge in [0.25, 0.3) is 5.91 Å². The Labute approximate surface area is 227 Å². The summed E-state index contributed by atoms with van der Waals surface area (Å²) in [5.41, 5.74) is 3.11. The van der Waals surface area contributed by atoms with Gasteiger partial charge in [0, 0.05) is 14.9 Å². The molecule has 0 unspecified atom stereocenters. The van der Waals surface area contributed by atoms with Crippen LogP contribution in [-0.2, 0) is 24.2 Å². The Morgan fingerprint density at radius 1 is 1.05 bits per heavy atom. The minimum atomic E-state index is -0.543. The molecule has 1 N–H and O–H groups in total. The molecule has 37 heavy (non-hydrogen) atoms. The Morgan fingerprint density at radius 2 is 1.86 bits per heavy atom. The maximum Gasteiger partial charge on any atom is 0.266 e. The van der Waals surface area contributed by atoms with Crippen LogP contribution in [0.1, 0.15) is 40.0 Å². The second kappa shape index (κ2) is 11.0. The molecule has 182 valence electrons. The van der Waals surface area contributed by atoms with Crippen molar-refractivity contribution in [1.29, 1.82) is 10.5 Å². The van der Waals surface area contributed by atoms with Gasteiger partial charge < -0.3 is 10.1 Å². The molecule has 3 aromatic carbocycles. The van der Waals surface area contributed by atoms with Gasteiger partial charge in [-0.15, -0.1) is 11.3 Å². The van der Waals surface area contributed by atoms with E-state index in [1.807, 2.05) is 42.5 Å². The number of thiophene rings is 1. The molecule has 1 aliphatic carbocycles. The summed E-state index contributed by atoms with van der Waals surface area (Å²) in [4.78, 5) is 14.2. The number of halogens is 1. The van der Waals surface area contributed by atoms with Crippen LogP contribution in [0.2, 0.25) is 0 Å². The standard InChI is InChI=1S/C30H22BrN3O2S/c31-24-11-12-27(36-18-19-9-10-20-5-1-2-6-21(20)13-19)22(15-24)14-23(16-32)29(35)34-30-26(17-33)25-7-3-4-8-28(25)37-30/h1-2,5-6,9-15H,3-4,7-8,18H2,(H,34,35)/b23-14+. The van der Waals surface area contributed by atoms with Gasteiger partial charge in [-0.1, -0.05) is 52.3 Å². The average Bonchev–Trinajstić information content (AvgIpc) is 3.27. The van der Waals surface area contributed by atoms with Gasteiger partial charge >= 0.3 is 0 Å². The van der Waals surface area contributed by atoms with Crippen molar-refractivity contribution in [2.45, 2.75) is 32.3 Å². The summed E-state index contributed by atoms with van der Waals surface area (Å²) < 4.78 is 6.91. The first-order valence-electron chi connectivity index (χ1n) is 11.9. The molecule has 1 heterocycles. The fourth-order valence-electron chi connectivity index (χ4n) is 4.50. The fraction of sp³-hybridized carbons (Fsp3) is 0.167. The lowest BCUT2D eigenvalue weighted by atomic mass is 9.96. The van der Waals surface area contributed by atoms with Crippen molar-refractivity contribution in [3.8, 4) is 17.9 Å². The van der Waals surface area contributed by atoms with Crippen LogP contribution in [0, 0.1) is 22.7 Å². The average molecular weight is 568 g/mol. The van der Waals surface area contributed by atoms with E-state index >= 15 is 0 Å². The van der Waals surface area contributed by atoms with Gasteiger partial charge in [0.1, 0.15) is 35.1 Å². The molecule has 1 aliphatic rings. The number of hydrogen-bond acceptors (Lipinski definition) is 5. The Balaban J connectivity index is 1.38. The van der Waals surface area contributed by atoms with Crippen LogP contribution in [0.15, 0.2) is 70.7 Å². The van der Waals surface area contributed by atoms with Crippen molar-refractivity contribution in [3.05, 3.63) is 97.8 Å². The molecule has 0 spiro atoms. The van der Waals surface area contributed by atoms with Gasteiger partial charge in [-0.3, -0.25) is 4.79 Å². The van der Waals surface area contributed by atoms with E-state index in [0.717, 1.165) is 56.9 Å². The minimum Gasteiger partial charge on any atom is -0.488 e. The summed E-state index contributed by atoms with van der Waals surface area (Å²) in [6.45, 7) is 0.341. The van der Waals surface area contributed by atoms with E-state index in [0.29, 0.717) is 28.5 Å². The second-order valence-electron chi connectivity index (χ2n) is 8.80. The largest absolute Gasteiger partial charge is 0.488 e. The van der Waals surface area contributed by atoms with Crippen LogP contribution in [0.25, 0.3) is 16.8 Å². The maximum absolute atomic E-state index is 13.1. The van der Waals surface area contributed by atoms with Crippen molar-refractivity contribution in [2.75, 3.05) is 5.32 Å². The quantitative estimate of drug-likeness (QED) is 0.192. The zero-order valence-electron chi connectivity index (χ0n) is 19.9. The number of rotatable bonds is 6. The highest BCUT2D eigenvalue weighted by Crippen LogP contribution is 2.38. The van der Waals surface area contributed by atoms with E-state index in [2.05, 4.69) is 51.6 Å². The number of nitrogens with one attached hydrogen (secondary N) is 1. The number of nitriles is 2. The smallest absolute Gasteiger partial charge is 0.266 e. The molecule has 0 radical (unpaired) electrons. The van der Waals surface area contributed by atoms with Crippen LogP contribution in [0.5, 0.6) is 5.75 Å². The molecule has 0 saturated heterocycles. The second-order valence-corrected chi connectivity index (χ2v) is 10.8. The van der Waals surface area contributed by atoms with Crippen molar-refractivity contribution >= 4 is 55.0 Å². The number of ether oxygens (including phenoxy) is 1. The van der Waals surface area contributed by atoms with E-state index in [9.17, 15) is 15.3 Å². The Morgan fingerprint density at radius 3 is 2.68 bits per heavy atom. The molecule has 0 aliphatic heterocycles. The third-order valence-electron chi connectivity index (χ3n) is 6.36. The van der Waals surface area contributed by atoms with Crippen molar-refractivity contribution in [2.24, 2.45) is 0 Å². The van der Waals surface area contributed by atoms with Gasteiger partial charge in [-0.25, -0.2) is 0 Å². The first kappa shape index (κ1) is 24.8. The summed E-state index contributed by atoms with van der Waals surface area (Å²) in [5.74, 6) is 0.0132. The summed E-state index contributed by atoms with van der Waals surface area (Å²) in [7, 11) is 0. The Bertz CT molecular complexity index is 1620. The number of benzene rings is 3. The molecule has 0 bridgehead atoms. The highest BCUT2D eigenvalue weighted by atomic mass is 79.9. The lowest BCUT2D eigenvalue weighted by Gasteiger charge is -2.11. The molecule has 0 saturated carbocycles. The molecule has 5 nitrogen and oxygen atoms in total. The van der Waals surface area contributed by atoms with E-state index in [1.165, 1.54) is 17.4 Å². The summed E-state index contributed by atoms with van der Waals surface area (Å²) >= 11 is 4.91. The van der Waals surface area contributed by atoms with Crippen LogP contribution in [-0.4, -0.2) is 5.91 Å². The highest BCUT2D eigenvalue weighted by molar-refractivity contribution is 9.10. The minimum absolute atomic E-state index is 0.0658. The zero-order chi connectivity index (χ0) is 25.8. The molecule has 0 atom stereocenters. The van der Waals surface area contributed by atoms with Crippen LogP contribution in [0.3, 0.4) is 0 Å². The van der Waals surface area contributed by atoms with Crippen molar-refractivity contribution in [1.82, 2.24) is 0 Å². The highest BCUT2D eigenvalue weighted by Gasteiger charge is 2.23. The molecular formula is C30H22BrN3O2S. The molecule has 0 fully saturated rings. The van der Waals surface area contributed by atoms with Crippen LogP contribution < -0.4 is 10.1 Å². The first-order valence-corrected chi connectivity index (χ1v) is 13.5. The SMILES string of the molecule is N#C/C(=C\c1cc(Br)ccc1OCc1ccc2ccccc2c1)C(=O)Nc1sc2c(c1C#N)CCCC2. The normalized spacial score (nSPS) is 12.9. The predicted molar refractivity (Wildman–Crippen MR) is 150 cm³/mol. The number of anilines is 1. The third kappa shape index (κ3) is 5.44.